The average Bonchev–Trinajstić information content (AvgIpc) is 2.86. The fraction of sp³-hybridized carbons (Fsp3) is 0.240. The van der Waals surface area contributed by atoms with Crippen molar-refractivity contribution in [3.8, 4) is 0 Å². The van der Waals surface area contributed by atoms with Crippen LogP contribution in [0, 0.1) is 21.7 Å². The number of nitro groups is 1. The Labute approximate surface area is 195 Å². The van der Waals surface area contributed by atoms with Crippen molar-refractivity contribution in [1.29, 1.82) is 0 Å². The first kappa shape index (κ1) is 23.3. The van der Waals surface area contributed by atoms with Crippen LogP contribution in [0.2, 0.25) is 0 Å². The summed E-state index contributed by atoms with van der Waals surface area (Å²) < 4.78 is 27.0. The van der Waals surface area contributed by atoms with Gasteiger partial charge in [0, 0.05) is 44.9 Å². The highest BCUT2D eigenvalue weighted by Crippen LogP contribution is 2.31. The van der Waals surface area contributed by atoms with Gasteiger partial charge in [0.05, 0.1) is 11.0 Å². The van der Waals surface area contributed by atoms with E-state index in [4.69, 9.17) is 0 Å². The Morgan fingerprint density at radius 2 is 1.44 bits per heavy atom. The van der Waals surface area contributed by atoms with Crippen LogP contribution in [0.5, 0.6) is 0 Å². The van der Waals surface area contributed by atoms with E-state index in [1.807, 2.05) is 0 Å². The highest BCUT2D eigenvalue weighted by molar-refractivity contribution is 5.95. The van der Waals surface area contributed by atoms with E-state index in [-0.39, 0.29) is 34.8 Å². The van der Waals surface area contributed by atoms with E-state index < -0.39 is 4.92 Å². The topological polar surface area (TPSA) is 78.7 Å². The third-order valence-electron chi connectivity index (χ3n) is 6.05. The zero-order chi connectivity index (χ0) is 24.2. The summed E-state index contributed by atoms with van der Waals surface area (Å²) in [7, 11) is 1.59. The predicted molar refractivity (Wildman–Crippen MR) is 125 cm³/mol. The summed E-state index contributed by atoms with van der Waals surface area (Å²) in [5.41, 5.74) is 2.18. The number of nitrogens with one attached hydrogen (secondary N) is 1. The molecule has 1 fully saturated rings. The van der Waals surface area contributed by atoms with Crippen LogP contribution in [0.3, 0.4) is 0 Å². The molecule has 1 amide bonds. The molecule has 0 aromatic heterocycles. The summed E-state index contributed by atoms with van der Waals surface area (Å²) in [6.45, 7) is 1.89. The maximum atomic E-state index is 13.5. The number of anilines is 1. The first-order valence-electron chi connectivity index (χ1n) is 10.9. The van der Waals surface area contributed by atoms with Gasteiger partial charge in [-0.15, -0.1) is 0 Å². The van der Waals surface area contributed by atoms with Crippen molar-refractivity contribution >= 4 is 17.3 Å². The van der Waals surface area contributed by atoms with Crippen molar-refractivity contribution in [2.45, 2.75) is 6.04 Å². The quantitative estimate of drug-likeness (QED) is 0.429. The van der Waals surface area contributed by atoms with Crippen molar-refractivity contribution in [3.63, 3.8) is 0 Å². The largest absolute Gasteiger partial charge is 0.383 e. The maximum absolute atomic E-state index is 13.5. The van der Waals surface area contributed by atoms with E-state index in [1.54, 1.807) is 42.3 Å². The minimum absolute atomic E-state index is 0.153. The van der Waals surface area contributed by atoms with Gasteiger partial charge in [0.15, 0.2) is 0 Å². The number of hydrogen-bond acceptors (Lipinski definition) is 5. The Hall–Kier alpha value is -3.85. The minimum atomic E-state index is -0.517. The van der Waals surface area contributed by atoms with E-state index >= 15 is 0 Å². The number of halogens is 2. The summed E-state index contributed by atoms with van der Waals surface area (Å²) in [4.78, 5) is 27.7. The first-order valence-corrected chi connectivity index (χ1v) is 10.9. The highest BCUT2D eigenvalue weighted by atomic mass is 19.1. The molecule has 9 heteroatoms. The third-order valence-corrected chi connectivity index (χ3v) is 6.05. The van der Waals surface area contributed by atoms with Crippen molar-refractivity contribution in [3.05, 3.63) is 105 Å². The first-order chi connectivity index (χ1) is 16.4. The number of piperazine rings is 1. The molecule has 0 bridgehead atoms. The summed E-state index contributed by atoms with van der Waals surface area (Å²) in [5.74, 6) is -0.948. The predicted octanol–water partition coefficient (Wildman–Crippen LogP) is 4.46. The van der Waals surface area contributed by atoms with Crippen LogP contribution in [0.15, 0.2) is 66.7 Å². The number of nitro benzene ring substituents is 1. The number of carbonyl (C=O) groups excluding carboxylic acids is 1. The lowest BCUT2D eigenvalue weighted by molar-refractivity contribution is -0.384. The number of benzene rings is 3. The van der Waals surface area contributed by atoms with E-state index in [0.717, 1.165) is 11.1 Å². The van der Waals surface area contributed by atoms with Crippen LogP contribution >= 0.6 is 0 Å². The molecule has 1 aliphatic heterocycles. The second kappa shape index (κ2) is 9.96. The van der Waals surface area contributed by atoms with Crippen molar-refractivity contribution in [2.75, 3.05) is 38.5 Å². The van der Waals surface area contributed by atoms with Crippen LogP contribution in [0.25, 0.3) is 0 Å². The van der Waals surface area contributed by atoms with Gasteiger partial charge in [0.25, 0.3) is 11.6 Å². The molecule has 3 aromatic rings. The number of amides is 1. The van der Waals surface area contributed by atoms with Crippen molar-refractivity contribution < 1.29 is 18.5 Å². The van der Waals surface area contributed by atoms with Crippen LogP contribution in [0.4, 0.5) is 20.2 Å². The minimum Gasteiger partial charge on any atom is -0.383 e. The molecule has 1 aliphatic rings. The molecule has 1 N–H and O–H groups in total. The van der Waals surface area contributed by atoms with Crippen molar-refractivity contribution in [2.24, 2.45) is 0 Å². The number of rotatable bonds is 6. The van der Waals surface area contributed by atoms with Gasteiger partial charge in [-0.05, 0) is 47.5 Å². The fourth-order valence-electron chi connectivity index (χ4n) is 4.30. The van der Waals surface area contributed by atoms with Gasteiger partial charge < -0.3 is 10.2 Å². The molecule has 4 rings (SSSR count). The molecule has 0 saturated carbocycles. The smallest absolute Gasteiger partial charge is 0.293 e. The van der Waals surface area contributed by atoms with E-state index in [9.17, 15) is 23.7 Å². The van der Waals surface area contributed by atoms with Crippen LogP contribution in [-0.2, 0) is 0 Å². The molecule has 176 valence electrons. The number of nitrogens with zero attached hydrogens (tertiary/aromatic N) is 3. The highest BCUT2D eigenvalue weighted by Gasteiger charge is 2.29. The summed E-state index contributed by atoms with van der Waals surface area (Å²) in [6, 6.07) is 16.6. The molecule has 0 radical (unpaired) electrons. The Morgan fingerprint density at radius 3 is 1.91 bits per heavy atom. The molecule has 34 heavy (non-hydrogen) atoms. The zero-order valence-corrected chi connectivity index (χ0v) is 18.6. The maximum Gasteiger partial charge on any atom is 0.293 e. The van der Waals surface area contributed by atoms with Gasteiger partial charge in [0.1, 0.15) is 17.3 Å². The summed E-state index contributed by atoms with van der Waals surface area (Å²) in [6.07, 6.45) is 0. The van der Waals surface area contributed by atoms with E-state index in [1.165, 1.54) is 36.4 Å². The van der Waals surface area contributed by atoms with Gasteiger partial charge in [-0.1, -0.05) is 24.3 Å². The van der Waals surface area contributed by atoms with Gasteiger partial charge in [-0.3, -0.25) is 19.8 Å². The van der Waals surface area contributed by atoms with Crippen LogP contribution in [0.1, 0.15) is 27.5 Å². The monoisotopic (exact) mass is 466 g/mol. The Kier molecular flexibility index (Phi) is 6.83. The standard InChI is InChI=1S/C25H24F2N4O3/c1-28-22-11-6-19(16-23(22)31(33)34)25(32)30-14-12-29(13-15-30)24(17-2-7-20(26)8-3-17)18-4-9-21(27)10-5-18/h2-11,16,24,28H,12-15H2,1H3. The summed E-state index contributed by atoms with van der Waals surface area (Å²) in [5, 5.41) is 14.1. The molecule has 1 heterocycles. The lowest BCUT2D eigenvalue weighted by Crippen LogP contribution is -2.49. The molecule has 7 nitrogen and oxygen atoms in total. The number of hydrogen-bond donors (Lipinski definition) is 1. The lowest BCUT2D eigenvalue weighted by Gasteiger charge is -2.39. The van der Waals surface area contributed by atoms with Gasteiger partial charge >= 0.3 is 0 Å². The fourth-order valence-corrected chi connectivity index (χ4v) is 4.30. The average molecular weight is 466 g/mol. The summed E-state index contributed by atoms with van der Waals surface area (Å²) >= 11 is 0. The Morgan fingerprint density at radius 1 is 0.912 bits per heavy atom. The van der Waals surface area contributed by atoms with Gasteiger partial charge in [-0.2, -0.15) is 0 Å². The number of carbonyl (C=O) groups is 1. The molecule has 0 aliphatic carbocycles. The molecule has 0 unspecified atom stereocenters. The zero-order valence-electron chi connectivity index (χ0n) is 18.6. The Bertz CT molecular complexity index is 1130. The SMILES string of the molecule is CNc1ccc(C(=O)N2CCN(C(c3ccc(F)cc3)c3ccc(F)cc3)CC2)cc1[N+](=O)[O-]. The lowest BCUT2D eigenvalue weighted by atomic mass is 9.96. The normalized spacial score (nSPS) is 14.3. The second-order valence-corrected chi connectivity index (χ2v) is 8.07. The second-order valence-electron chi connectivity index (χ2n) is 8.07. The molecule has 0 spiro atoms. The van der Waals surface area contributed by atoms with E-state index in [2.05, 4.69) is 10.2 Å². The van der Waals surface area contributed by atoms with Gasteiger partial charge in [0.2, 0.25) is 0 Å². The Balaban J connectivity index is 1.53. The van der Waals surface area contributed by atoms with Crippen LogP contribution < -0.4 is 5.32 Å². The molecule has 1 saturated heterocycles. The molecule has 3 aromatic carbocycles. The molecular formula is C25H24F2N4O3. The van der Waals surface area contributed by atoms with Crippen LogP contribution in [-0.4, -0.2) is 53.9 Å². The van der Waals surface area contributed by atoms with Crippen molar-refractivity contribution in [1.82, 2.24) is 9.80 Å². The molecule has 0 atom stereocenters. The molecular weight excluding hydrogens is 442 g/mol. The van der Waals surface area contributed by atoms with Gasteiger partial charge in [-0.25, -0.2) is 8.78 Å². The third kappa shape index (κ3) is 4.89. The van der Waals surface area contributed by atoms with E-state index in [0.29, 0.717) is 31.9 Å².